The summed E-state index contributed by atoms with van der Waals surface area (Å²) in [5, 5.41) is 0. The van der Waals surface area contributed by atoms with Gasteiger partial charge in [0.05, 0.1) is 0 Å². The average Bonchev–Trinajstić information content (AvgIpc) is 2.89. The van der Waals surface area contributed by atoms with Gasteiger partial charge >= 0.3 is 234 Å². The van der Waals surface area contributed by atoms with Gasteiger partial charge in [0.15, 0.2) is 0 Å². The SMILES string of the molecule is CCCCCCCCc1ccc(S(=O)(=O)OI(c2ccc(C(C)(C)C)cc2)c2ccc(C(C)(C)C)cc2)cc1. The van der Waals surface area contributed by atoms with E-state index in [1.807, 2.05) is 12.1 Å². The minimum absolute atomic E-state index is 0.0239. The molecule has 0 amide bonds. The quantitative estimate of drug-likeness (QED) is 0.143. The summed E-state index contributed by atoms with van der Waals surface area (Å²) in [7, 11) is -3.92. The molecule has 214 valence electrons. The predicted octanol–water partition coefficient (Wildman–Crippen LogP) is 10.1. The Labute approximate surface area is 245 Å². The van der Waals surface area contributed by atoms with E-state index in [2.05, 4.69) is 97.0 Å². The van der Waals surface area contributed by atoms with Crippen molar-refractivity contribution in [2.45, 2.75) is 109 Å². The van der Waals surface area contributed by atoms with Crippen molar-refractivity contribution < 1.29 is 10.9 Å². The zero-order chi connectivity index (χ0) is 28.7. The average molecular weight is 663 g/mol. The van der Waals surface area contributed by atoms with Gasteiger partial charge in [0.25, 0.3) is 0 Å². The summed E-state index contributed by atoms with van der Waals surface area (Å²) in [6.45, 7) is 15.3. The third kappa shape index (κ3) is 9.43. The molecule has 0 saturated heterocycles. The van der Waals surface area contributed by atoms with E-state index >= 15 is 0 Å². The Hall–Kier alpha value is -1.70. The van der Waals surface area contributed by atoms with Crippen molar-refractivity contribution >= 4 is 30.4 Å². The van der Waals surface area contributed by atoms with Crippen molar-refractivity contribution in [1.82, 2.24) is 0 Å². The van der Waals surface area contributed by atoms with Crippen LogP contribution in [0.2, 0.25) is 0 Å². The molecule has 0 heterocycles. The van der Waals surface area contributed by atoms with Crippen LogP contribution in [0.3, 0.4) is 0 Å². The van der Waals surface area contributed by atoms with Gasteiger partial charge < -0.3 is 0 Å². The maximum atomic E-state index is 13.5. The molecule has 39 heavy (non-hydrogen) atoms. The van der Waals surface area contributed by atoms with Crippen LogP contribution < -0.4 is 0 Å². The molecule has 0 aliphatic rings. The molecule has 5 heteroatoms. The van der Waals surface area contributed by atoms with Crippen molar-refractivity contribution in [2.75, 3.05) is 0 Å². The van der Waals surface area contributed by atoms with Crippen LogP contribution in [0, 0.1) is 7.14 Å². The van der Waals surface area contributed by atoms with E-state index in [4.69, 9.17) is 2.51 Å². The van der Waals surface area contributed by atoms with Crippen molar-refractivity contribution in [1.29, 1.82) is 0 Å². The third-order valence-electron chi connectivity index (χ3n) is 6.99. The van der Waals surface area contributed by atoms with Crippen LogP contribution in [0.5, 0.6) is 0 Å². The van der Waals surface area contributed by atoms with Crippen LogP contribution in [-0.2, 0) is 29.9 Å². The van der Waals surface area contributed by atoms with Crippen LogP contribution >= 0.6 is 20.2 Å². The van der Waals surface area contributed by atoms with Crippen LogP contribution in [-0.4, -0.2) is 8.42 Å². The molecule has 0 N–H and O–H groups in total. The second-order valence-corrected chi connectivity index (χ2v) is 18.9. The second-order valence-electron chi connectivity index (χ2n) is 12.4. The van der Waals surface area contributed by atoms with E-state index in [0.29, 0.717) is 0 Å². The van der Waals surface area contributed by atoms with Crippen LogP contribution in [0.1, 0.15) is 104 Å². The topological polar surface area (TPSA) is 43.4 Å². The van der Waals surface area contributed by atoms with Crippen molar-refractivity contribution in [2.24, 2.45) is 0 Å². The van der Waals surface area contributed by atoms with Gasteiger partial charge in [-0.1, -0.05) is 13.3 Å². The molecule has 0 spiro atoms. The van der Waals surface area contributed by atoms with Gasteiger partial charge in [-0.25, -0.2) is 0 Å². The fourth-order valence-corrected chi connectivity index (χ4v) is 11.3. The number of hydrogen-bond acceptors (Lipinski definition) is 3. The molecule has 0 saturated carbocycles. The number of aryl methyl sites for hydroxylation is 1. The maximum absolute atomic E-state index is 13.5. The summed E-state index contributed by atoms with van der Waals surface area (Å²) in [5.41, 5.74) is 3.66. The molecule has 0 aromatic heterocycles. The fourth-order valence-electron chi connectivity index (χ4n) is 4.38. The van der Waals surface area contributed by atoms with Gasteiger partial charge in [-0.3, -0.25) is 0 Å². The van der Waals surface area contributed by atoms with E-state index < -0.39 is 30.4 Å². The zero-order valence-electron chi connectivity index (χ0n) is 24.9. The summed E-state index contributed by atoms with van der Waals surface area (Å²) in [6.07, 6.45) is 8.47. The second kappa shape index (κ2) is 13.8. The van der Waals surface area contributed by atoms with Gasteiger partial charge in [-0.05, 0) is 0 Å². The molecular formula is C34H47IO3S. The first-order valence-electron chi connectivity index (χ1n) is 14.3. The summed E-state index contributed by atoms with van der Waals surface area (Å²) in [6, 6.07) is 24.0. The molecule has 0 aliphatic carbocycles. The molecule has 0 radical (unpaired) electrons. The Morgan fingerprint density at radius 1 is 0.615 bits per heavy atom. The molecule has 0 atom stereocenters. The molecule has 3 rings (SSSR count). The van der Waals surface area contributed by atoms with Crippen LogP contribution in [0.4, 0.5) is 0 Å². The summed E-state index contributed by atoms with van der Waals surface area (Å²) in [5.74, 6) is 0. The number of benzene rings is 3. The van der Waals surface area contributed by atoms with Crippen LogP contribution in [0.15, 0.2) is 77.7 Å². The first kappa shape index (κ1) is 31.8. The molecule has 3 aromatic rings. The van der Waals surface area contributed by atoms with Gasteiger partial charge in [0.1, 0.15) is 0 Å². The van der Waals surface area contributed by atoms with Crippen molar-refractivity contribution in [3.8, 4) is 0 Å². The Bertz CT molecular complexity index is 1210. The van der Waals surface area contributed by atoms with Gasteiger partial charge in [0.2, 0.25) is 0 Å². The summed E-state index contributed by atoms with van der Waals surface area (Å²) in [4.78, 5) is 0.231. The Balaban J connectivity index is 1.83. The van der Waals surface area contributed by atoms with Gasteiger partial charge in [-0.2, -0.15) is 0 Å². The first-order chi connectivity index (χ1) is 18.3. The zero-order valence-corrected chi connectivity index (χ0v) is 27.9. The number of hydrogen-bond donors (Lipinski definition) is 0. The van der Waals surface area contributed by atoms with Gasteiger partial charge in [0, 0.05) is 0 Å². The fraction of sp³-hybridized carbons (Fsp3) is 0.471. The molecule has 0 unspecified atom stereocenters. The van der Waals surface area contributed by atoms with E-state index in [9.17, 15) is 8.42 Å². The Kier molecular flexibility index (Phi) is 11.2. The molecule has 3 nitrogen and oxygen atoms in total. The monoisotopic (exact) mass is 662 g/mol. The summed E-state index contributed by atoms with van der Waals surface area (Å²) < 4.78 is 35.2. The standard InChI is InChI=1S/C34H47IO3S/c1-8-9-10-11-12-13-14-27-15-25-32(26-16-27)39(36,37)38-35(30-21-17-28(18-22-30)33(2,3)4)31-23-19-29(20-24-31)34(5,6)7/h15-26H,8-14H2,1-7H3. The number of unbranched alkanes of at least 4 members (excludes halogenated alkanes) is 5. The molecule has 3 aromatic carbocycles. The van der Waals surface area contributed by atoms with Crippen molar-refractivity contribution in [3.05, 3.63) is 96.6 Å². The summed E-state index contributed by atoms with van der Waals surface area (Å²) >= 11 is -2.76. The molecule has 0 fully saturated rings. The first-order valence-corrected chi connectivity index (χ1v) is 18.7. The molecule has 0 bridgehead atoms. The Morgan fingerprint density at radius 3 is 1.49 bits per heavy atom. The minimum atomic E-state index is -3.92. The number of rotatable bonds is 12. The van der Waals surface area contributed by atoms with E-state index in [-0.39, 0.29) is 15.7 Å². The van der Waals surface area contributed by atoms with Crippen molar-refractivity contribution in [3.63, 3.8) is 0 Å². The molecular weight excluding hydrogens is 615 g/mol. The molecule has 0 aliphatic heterocycles. The van der Waals surface area contributed by atoms with Gasteiger partial charge in [-0.15, -0.1) is 0 Å². The van der Waals surface area contributed by atoms with E-state index in [1.165, 1.54) is 48.8 Å². The Morgan fingerprint density at radius 2 is 1.05 bits per heavy atom. The van der Waals surface area contributed by atoms with E-state index in [0.717, 1.165) is 20.0 Å². The number of halogens is 1. The van der Waals surface area contributed by atoms with E-state index in [1.54, 1.807) is 12.1 Å². The third-order valence-corrected chi connectivity index (χ3v) is 14.3. The normalized spacial score (nSPS) is 12.9. The van der Waals surface area contributed by atoms with Crippen LogP contribution in [0.25, 0.3) is 0 Å². The predicted molar refractivity (Wildman–Crippen MR) is 173 cm³/mol.